The monoisotopic (exact) mass is 275 g/mol. The molecule has 3 heteroatoms. The van der Waals surface area contributed by atoms with Gasteiger partial charge >= 0.3 is 0 Å². The largest absolute Gasteiger partial charge is 0.380 e. The predicted octanol–water partition coefficient (Wildman–Crippen LogP) is 2.52. The third-order valence-corrected chi connectivity index (χ3v) is 4.70. The van der Waals surface area contributed by atoms with E-state index in [0.717, 1.165) is 31.0 Å². The predicted molar refractivity (Wildman–Crippen MR) is 66.5 cm³/mol. The zero-order valence-corrected chi connectivity index (χ0v) is 11.3. The van der Waals surface area contributed by atoms with Crippen molar-refractivity contribution in [1.29, 1.82) is 0 Å². The van der Waals surface area contributed by atoms with Crippen LogP contribution in [0.3, 0.4) is 0 Å². The van der Waals surface area contributed by atoms with Crippen LogP contribution in [0, 0.1) is 11.3 Å². The van der Waals surface area contributed by atoms with Gasteiger partial charge in [-0.1, -0.05) is 15.9 Å². The van der Waals surface area contributed by atoms with Crippen LogP contribution in [-0.2, 0) is 4.74 Å². The lowest BCUT2D eigenvalue weighted by Crippen LogP contribution is -2.30. The Balaban J connectivity index is 1.50. The van der Waals surface area contributed by atoms with Gasteiger partial charge in [0.1, 0.15) is 0 Å². The quantitative estimate of drug-likeness (QED) is 0.499. The Morgan fingerprint density at radius 2 is 2.13 bits per heavy atom. The van der Waals surface area contributed by atoms with Gasteiger partial charge < -0.3 is 9.64 Å². The summed E-state index contributed by atoms with van der Waals surface area (Å²) in [6.07, 6.45) is 5.57. The van der Waals surface area contributed by atoms with Crippen molar-refractivity contribution < 1.29 is 4.74 Å². The molecule has 2 aliphatic rings. The maximum absolute atomic E-state index is 5.64. The highest BCUT2D eigenvalue weighted by molar-refractivity contribution is 9.09. The molecule has 0 aromatic rings. The fourth-order valence-corrected chi connectivity index (χ4v) is 2.66. The number of ether oxygens (including phenoxy) is 1. The summed E-state index contributed by atoms with van der Waals surface area (Å²) in [5.41, 5.74) is 0.602. The minimum atomic E-state index is 0.602. The number of likely N-dealkylation sites (N-methyl/N-ethyl adjacent to an activating group) is 1. The van der Waals surface area contributed by atoms with Gasteiger partial charge in [-0.2, -0.15) is 0 Å². The van der Waals surface area contributed by atoms with E-state index in [4.69, 9.17) is 4.74 Å². The zero-order valence-electron chi connectivity index (χ0n) is 9.67. The highest BCUT2D eigenvalue weighted by atomic mass is 79.9. The average molecular weight is 276 g/mol. The summed E-state index contributed by atoms with van der Waals surface area (Å²) in [4.78, 5) is 2.42. The summed E-state index contributed by atoms with van der Waals surface area (Å²) < 4.78 is 5.64. The van der Waals surface area contributed by atoms with Crippen LogP contribution in [0.25, 0.3) is 0 Å². The van der Waals surface area contributed by atoms with E-state index in [0.29, 0.717) is 5.41 Å². The lowest BCUT2D eigenvalue weighted by molar-refractivity contribution is 0.0989. The Labute approximate surface area is 101 Å². The summed E-state index contributed by atoms with van der Waals surface area (Å²) >= 11 is 3.61. The second kappa shape index (κ2) is 5.15. The van der Waals surface area contributed by atoms with Crippen molar-refractivity contribution in [2.45, 2.75) is 25.7 Å². The number of hydrogen-bond acceptors (Lipinski definition) is 2. The molecular formula is C12H22BrNO. The van der Waals surface area contributed by atoms with Gasteiger partial charge in [0.15, 0.2) is 0 Å². The molecule has 88 valence electrons. The van der Waals surface area contributed by atoms with Crippen LogP contribution >= 0.6 is 15.9 Å². The van der Waals surface area contributed by atoms with E-state index in [1.807, 2.05) is 0 Å². The van der Waals surface area contributed by atoms with E-state index in [1.54, 1.807) is 0 Å². The topological polar surface area (TPSA) is 12.5 Å². The minimum absolute atomic E-state index is 0.602. The van der Waals surface area contributed by atoms with Gasteiger partial charge in [-0.3, -0.25) is 0 Å². The summed E-state index contributed by atoms with van der Waals surface area (Å²) in [6.45, 7) is 4.22. The SMILES string of the molecule is CN(CCOCC1CC1)CC1(CBr)CC1. The molecule has 2 saturated carbocycles. The molecule has 0 N–H and O–H groups in total. The zero-order chi connectivity index (χ0) is 10.7. The molecule has 2 aliphatic carbocycles. The van der Waals surface area contributed by atoms with E-state index in [2.05, 4.69) is 27.9 Å². The number of hydrogen-bond donors (Lipinski definition) is 0. The van der Waals surface area contributed by atoms with E-state index < -0.39 is 0 Å². The molecule has 0 radical (unpaired) electrons. The Morgan fingerprint density at radius 1 is 1.40 bits per heavy atom. The van der Waals surface area contributed by atoms with Gasteiger partial charge in [0.2, 0.25) is 0 Å². The van der Waals surface area contributed by atoms with Gasteiger partial charge in [0.25, 0.3) is 0 Å². The first kappa shape index (κ1) is 11.9. The first-order valence-corrected chi connectivity index (χ1v) is 7.18. The molecule has 0 unspecified atom stereocenters. The van der Waals surface area contributed by atoms with Crippen LogP contribution in [0.5, 0.6) is 0 Å². The van der Waals surface area contributed by atoms with Crippen LogP contribution in [-0.4, -0.2) is 43.6 Å². The Hall–Kier alpha value is 0.400. The summed E-state index contributed by atoms with van der Waals surface area (Å²) in [5.74, 6) is 0.896. The number of nitrogens with zero attached hydrogens (tertiary/aromatic N) is 1. The number of halogens is 1. The van der Waals surface area contributed by atoms with Gasteiger partial charge in [-0.05, 0) is 44.1 Å². The van der Waals surface area contributed by atoms with E-state index >= 15 is 0 Å². The molecule has 0 atom stereocenters. The number of alkyl halides is 1. The smallest absolute Gasteiger partial charge is 0.0593 e. The first-order valence-electron chi connectivity index (χ1n) is 6.06. The molecular weight excluding hydrogens is 254 g/mol. The van der Waals surface area contributed by atoms with Crippen molar-refractivity contribution in [3.63, 3.8) is 0 Å². The van der Waals surface area contributed by atoms with E-state index in [1.165, 1.54) is 32.2 Å². The van der Waals surface area contributed by atoms with E-state index in [-0.39, 0.29) is 0 Å². The third-order valence-electron chi connectivity index (χ3n) is 3.51. The van der Waals surface area contributed by atoms with Crippen molar-refractivity contribution in [2.75, 3.05) is 38.7 Å². The van der Waals surface area contributed by atoms with E-state index in [9.17, 15) is 0 Å². The lowest BCUT2D eigenvalue weighted by atomic mass is 10.1. The van der Waals surface area contributed by atoms with Crippen molar-refractivity contribution in [3.05, 3.63) is 0 Å². The lowest BCUT2D eigenvalue weighted by Gasteiger charge is -2.21. The summed E-state index contributed by atoms with van der Waals surface area (Å²) in [7, 11) is 2.21. The minimum Gasteiger partial charge on any atom is -0.380 e. The normalized spacial score (nSPS) is 23.4. The van der Waals surface area contributed by atoms with Crippen LogP contribution in [0.15, 0.2) is 0 Å². The summed E-state index contributed by atoms with van der Waals surface area (Å²) in [5, 5.41) is 1.16. The Bertz CT molecular complexity index is 202. The van der Waals surface area contributed by atoms with Crippen LogP contribution in [0.4, 0.5) is 0 Å². The van der Waals surface area contributed by atoms with Crippen molar-refractivity contribution in [2.24, 2.45) is 11.3 Å². The van der Waals surface area contributed by atoms with Crippen molar-refractivity contribution >= 4 is 15.9 Å². The molecule has 0 amide bonds. The second-order valence-corrected chi connectivity index (χ2v) is 5.95. The maximum atomic E-state index is 5.64. The molecule has 2 nitrogen and oxygen atoms in total. The molecule has 0 aromatic carbocycles. The first-order chi connectivity index (χ1) is 7.24. The fraction of sp³-hybridized carbons (Fsp3) is 1.00. The van der Waals surface area contributed by atoms with Crippen molar-refractivity contribution in [1.82, 2.24) is 4.90 Å². The molecule has 2 rings (SSSR count). The van der Waals surface area contributed by atoms with Crippen molar-refractivity contribution in [3.8, 4) is 0 Å². The fourth-order valence-electron chi connectivity index (χ4n) is 1.92. The second-order valence-electron chi connectivity index (χ2n) is 5.39. The average Bonchev–Trinajstić information content (AvgIpc) is 3.09. The molecule has 0 bridgehead atoms. The maximum Gasteiger partial charge on any atom is 0.0593 e. The Morgan fingerprint density at radius 3 is 2.67 bits per heavy atom. The molecule has 0 saturated heterocycles. The van der Waals surface area contributed by atoms with Gasteiger partial charge in [0.05, 0.1) is 6.61 Å². The standard InChI is InChI=1S/C12H22BrNO/c1-14(10-12(9-13)4-5-12)6-7-15-8-11-2-3-11/h11H,2-10H2,1H3. The summed E-state index contributed by atoms with van der Waals surface area (Å²) in [6, 6.07) is 0. The number of rotatable bonds is 8. The third kappa shape index (κ3) is 4.04. The van der Waals surface area contributed by atoms with Crippen LogP contribution in [0.2, 0.25) is 0 Å². The van der Waals surface area contributed by atoms with Crippen LogP contribution < -0.4 is 0 Å². The molecule has 0 heterocycles. The molecule has 0 spiro atoms. The van der Waals surface area contributed by atoms with Gasteiger partial charge in [-0.25, -0.2) is 0 Å². The van der Waals surface area contributed by atoms with Gasteiger partial charge in [-0.15, -0.1) is 0 Å². The van der Waals surface area contributed by atoms with Gasteiger partial charge in [0, 0.05) is 25.0 Å². The molecule has 0 aliphatic heterocycles. The highest BCUT2D eigenvalue weighted by Crippen LogP contribution is 2.47. The molecule has 2 fully saturated rings. The highest BCUT2D eigenvalue weighted by Gasteiger charge is 2.41. The van der Waals surface area contributed by atoms with Crippen LogP contribution in [0.1, 0.15) is 25.7 Å². The molecule has 0 aromatic heterocycles. The Kier molecular flexibility index (Phi) is 4.08. The molecule has 15 heavy (non-hydrogen) atoms.